The van der Waals surface area contributed by atoms with Crippen molar-refractivity contribution in [3.63, 3.8) is 0 Å². The summed E-state index contributed by atoms with van der Waals surface area (Å²) < 4.78 is 1.76. The van der Waals surface area contributed by atoms with Gasteiger partial charge in [-0.3, -0.25) is 0 Å². The normalized spacial score (nSPS) is 10.6. The molecule has 72 valence electrons. The van der Waals surface area contributed by atoms with Gasteiger partial charge >= 0.3 is 0 Å². The molecular formula is C9H8BrN2O2+. The van der Waals surface area contributed by atoms with Crippen LogP contribution in [0, 0.1) is 4.91 Å². The van der Waals surface area contributed by atoms with E-state index in [2.05, 4.69) is 15.9 Å². The molecule has 0 fully saturated rings. The molecule has 4 nitrogen and oxygen atoms in total. The molecule has 14 heavy (non-hydrogen) atoms. The first kappa shape index (κ1) is 9.21. The number of rotatable bonds is 1. The van der Waals surface area contributed by atoms with Gasteiger partial charge in [0.1, 0.15) is 5.69 Å². The van der Waals surface area contributed by atoms with Crippen LogP contribution >= 0.6 is 15.9 Å². The molecule has 5 heteroatoms. The largest absolute Gasteiger partial charge is 0.428 e. The van der Waals surface area contributed by atoms with Crippen LogP contribution in [0.1, 0.15) is 5.69 Å². The Morgan fingerprint density at radius 3 is 2.86 bits per heavy atom. The van der Waals surface area contributed by atoms with Crippen LogP contribution in [-0.4, -0.2) is 9.94 Å². The Labute approximate surface area is 88.1 Å². The molecule has 0 radical (unpaired) electrons. The number of nitrogens with zero attached hydrogens (tertiary/aromatic N) is 2. The van der Waals surface area contributed by atoms with Gasteiger partial charge in [-0.2, -0.15) is 4.73 Å². The first-order chi connectivity index (χ1) is 6.74. The smallest absolute Gasteiger partial charge is 0.289 e. The summed E-state index contributed by atoms with van der Waals surface area (Å²) >= 11 is 3.20. The van der Waals surface area contributed by atoms with Crippen LogP contribution in [-0.2, 0) is 5.33 Å². The van der Waals surface area contributed by atoms with Gasteiger partial charge in [0.05, 0.1) is 9.76 Å². The van der Waals surface area contributed by atoms with E-state index in [1.807, 2.05) is 0 Å². The lowest BCUT2D eigenvalue weighted by Crippen LogP contribution is -2.20. The van der Waals surface area contributed by atoms with Crippen LogP contribution in [0.15, 0.2) is 30.5 Å². The molecule has 0 aliphatic heterocycles. The fourth-order valence-electron chi connectivity index (χ4n) is 1.34. The van der Waals surface area contributed by atoms with Crippen molar-refractivity contribution >= 4 is 27.0 Å². The van der Waals surface area contributed by atoms with Gasteiger partial charge in [0.2, 0.25) is 0 Å². The van der Waals surface area contributed by atoms with Crippen LogP contribution in [0.3, 0.4) is 0 Å². The molecule has 2 aromatic rings. The monoisotopic (exact) mass is 255 g/mol. The van der Waals surface area contributed by atoms with E-state index in [-0.39, 0.29) is 0 Å². The molecule has 0 atom stereocenters. The summed E-state index contributed by atoms with van der Waals surface area (Å²) in [5, 5.41) is 10.1. The van der Waals surface area contributed by atoms with E-state index in [9.17, 15) is 10.1 Å². The Morgan fingerprint density at radius 1 is 1.43 bits per heavy atom. The van der Waals surface area contributed by atoms with Gasteiger partial charge in [0.15, 0.2) is 5.52 Å². The average molecular weight is 256 g/mol. The lowest BCUT2D eigenvalue weighted by molar-refractivity contribution is -0.465. The van der Waals surface area contributed by atoms with Crippen LogP contribution in [0.2, 0.25) is 0 Å². The molecule has 1 N–H and O–H groups in total. The maximum atomic E-state index is 11.5. The van der Waals surface area contributed by atoms with Gasteiger partial charge < -0.3 is 5.21 Å². The van der Waals surface area contributed by atoms with Crippen molar-refractivity contribution in [1.29, 1.82) is 0 Å². The SMILES string of the molecule is O=[n+]1cc(CBr)n(O)c2ccccc21. The highest BCUT2D eigenvalue weighted by Crippen LogP contribution is 2.11. The van der Waals surface area contributed by atoms with E-state index in [4.69, 9.17) is 0 Å². The van der Waals surface area contributed by atoms with Crippen molar-refractivity contribution in [2.24, 2.45) is 0 Å². The Kier molecular flexibility index (Phi) is 2.25. The van der Waals surface area contributed by atoms with Crippen LogP contribution < -0.4 is 4.43 Å². The quantitative estimate of drug-likeness (QED) is 0.479. The number of aromatic nitrogens is 2. The first-order valence-electron chi connectivity index (χ1n) is 4.05. The van der Waals surface area contributed by atoms with E-state index in [0.29, 0.717) is 22.1 Å². The second-order valence-corrected chi connectivity index (χ2v) is 3.44. The Morgan fingerprint density at radius 2 is 2.14 bits per heavy atom. The molecule has 0 saturated carbocycles. The number of halogens is 1. The predicted molar refractivity (Wildman–Crippen MR) is 55.1 cm³/mol. The summed E-state index contributed by atoms with van der Waals surface area (Å²) in [6, 6.07) is 6.88. The summed E-state index contributed by atoms with van der Waals surface area (Å²) in [5.74, 6) is 0. The highest BCUT2D eigenvalue weighted by atomic mass is 79.9. The number of benzene rings is 1. The molecule has 0 amide bonds. The second kappa shape index (κ2) is 3.42. The zero-order valence-electron chi connectivity index (χ0n) is 7.22. The third-order valence-electron chi connectivity index (χ3n) is 2.02. The third-order valence-corrected chi connectivity index (χ3v) is 2.60. The minimum absolute atomic E-state index is 0.427. The third kappa shape index (κ3) is 1.29. The highest BCUT2D eigenvalue weighted by molar-refractivity contribution is 9.08. The maximum absolute atomic E-state index is 11.5. The molecule has 1 aromatic heterocycles. The van der Waals surface area contributed by atoms with E-state index in [1.54, 1.807) is 24.3 Å². The van der Waals surface area contributed by atoms with E-state index >= 15 is 0 Å². The van der Waals surface area contributed by atoms with Crippen LogP contribution in [0.25, 0.3) is 11.0 Å². The number of para-hydroxylation sites is 2. The second-order valence-electron chi connectivity index (χ2n) is 2.88. The van der Waals surface area contributed by atoms with Crippen LogP contribution in [0.5, 0.6) is 0 Å². The first-order valence-corrected chi connectivity index (χ1v) is 5.17. The summed E-state index contributed by atoms with van der Waals surface area (Å²) in [6.45, 7) is 0. The lowest BCUT2D eigenvalue weighted by Gasteiger charge is -2.02. The number of fused-ring (bicyclic) bond motifs is 1. The molecule has 1 heterocycles. The molecule has 1 aromatic carbocycles. The Hall–Kier alpha value is -1.36. The topological polar surface area (TPSA) is 48.1 Å². The summed E-state index contributed by atoms with van der Waals surface area (Å²) in [5.41, 5.74) is 1.46. The molecule has 2 rings (SSSR count). The molecule has 0 spiro atoms. The lowest BCUT2D eigenvalue weighted by atomic mass is 10.3. The van der Waals surface area contributed by atoms with Crippen LogP contribution in [0.4, 0.5) is 0 Å². The Bertz CT molecular complexity index is 536. The van der Waals surface area contributed by atoms with Crippen molar-refractivity contribution in [3.05, 3.63) is 41.1 Å². The molecule has 0 bridgehead atoms. The van der Waals surface area contributed by atoms with E-state index in [1.165, 1.54) is 6.20 Å². The standard InChI is InChI=1S/C9H8BrN2O2/c10-5-7-6-11(13)8-3-1-2-4-9(8)12(7)14/h1-4,6,14H,5H2/q+1. The summed E-state index contributed by atoms with van der Waals surface area (Å²) in [6.07, 6.45) is 1.34. The minimum Gasteiger partial charge on any atom is -0.428 e. The predicted octanol–water partition coefficient (Wildman–Crippen LogP) is 1.69. The van der Waals surface area contributed by atoms with E-state index in [0.717, 1.165) is 9.16 Å². The van der Waals surface area contributed by atoms with Crippen molar-refractivity contribution < 1.29 is 9.63 Å². The number of alkyl halides is 1. The van der Waals surface area contributed by atoms with Gasteiger partial charge in [-0.05, 0) is 6.07 Å². The maximum Gasteiger partial charge on any atom is 0.289 e. The molecule has 0 unspecified atom stereocenters. The molecule has 0 aliphatic rings. The summed E-state index contributed by atoms with van der Waals surface area (Å²) in [7, 11) is 0. The van der Waals surface area contributed by atoms with E-state index < -0.39 is 0 Å². The zero-order valence-corrected chi connectivity index (χ0v) is 8.81. The number of hydrogen-bond donors (Lipinski definition) is 1. The van der Waals surface area contributed by atoms with Gasteiger partial charge in [0.25, 0.3) is 11.7 Å². The average Bonchev–Trinajstić information content (AvgIpc) is 2.23. The molecular weight excluding hydrogens is 248 g/mol. The fraction of sp³-hybridized carbons (Fsp3) is 0.111. The van der Waals surface area contributed by atoms with Gasteiger partial charge in [-0.15, -0.1) is 0 Å². The Balaban J connectivity index is 2.95. The van der Waals surface area contributed by atoms with Crippen molar-refractivity contribution in [2.75, 3.05) is 0 Å². The van der Waals surface area contributed by atoms with Gasteiger partial charge in [0, 0.05) is 11.0 Å². The molecule has 0 saturated heterocycles. The van der Waals surface area contributed by atoms with Crippen molar-refractivity contribution in [1.82, 2.24) is 4.73 Å². The minimum atomic E-state index is 0.427. The van der Waals surface area contributed by atoms with Gasteiger partial charge in [-0.1, -0.05) is 28.1 Å². The highest BCUT2D eigenvalue weighted by Gasteiger charge is 2.13. The van der Waals surface area contributed by atoms with Crippen molar-refractivity contribution in [2.45, 2.75) is 5.33 Å². The fourth-order valence-corrected chi connectivity index (χ4v) is 1.72. The van der Waals surface area contributed by atoms with Crippen molar-refractivity contribution in [3.8, 4) is 0 Å². The summed E-state index contributed by atoms with van der Waals surface area (Å²) in [4.78, 5) is 11.5. The zero-order chi connectivity index (χ0) is 10.1. The van der Waals surface area contributed by atoms with Gasteiger partial charge in [-0.25, -0.2) is 0 Å². The number of hydrogen-bond acceptors (Lipinski definition) is 2. The molecule has 0 aliphatic carbocycles.